The van der Waals surface area contributed by atoms with Gasteiger partial charge in [0, 0.05) is 37.2 Å². The van der Waals surface area contributed by atoms with Crippen molar-refractivity contribution < 1.29 is 4.79 Å². The van der Waals surface area contributed by atoms with Gasteiger partial charge in [-0.1, -0.05) is 6.92 Å². The molecule has 4 nitrogen and oxygen atoms in total. The van der Waals surface area contributed by atoms with Gasteiger partial charge in [0.15, 0.2) is 0 Å². The number of nitrogens with one attached hydrogen (secondary N) is 1. The molecule has 3 heterocycles. The second kappa shape index (κ2) is 6.30. The molecule has 4 heteroatoms. The molecular formula is C17H27N3O. The predicted octanol–water partition coefficient (Wildman–Crippen LogP) is 2.50. The van der Waals surface area contributed by atoms with Gasteiger partial charge in [-0.15, -0.1) is 0 Å². The van der Waals surface area contributed by atoms with Crippen molar-refractivity contribution in [1.82, 2.24) is 15.1 Å². The van der Waals surface area contributed by atoms with E-state index < -0.39 is 0 Å². The molecule has 0 aromatic carbocycles. The van der Waals surface area contributed by atoms with Crippen LogP contribution in [0.5, 0.6) is 0 Å². The minimum Gasteiger partial charge on any atom is -0.311 e. The van der Waals surface area contributed by atoms with E-state index >= 15 is 0 Å². The van der Waals surface area contributed by atoms with Crippen LogP contribution in [0.25, 0.3) is 0 Å². The maximum absolute atomic E-state index is 12.4. The molecule has 1 aromatic heterocycles. The molecule has 0 saturated carbocycles. The van der Waals surface area contributed by atoms with Gasteiger partial charge in [0.2, 0.25) is 0 Å². The number of ketones is 1. The van der Waals surface area contributed by atoms with E-state index in [1.807, 2.05) is 4.68 Å². The first-order valence-electron chi connectivity index (χ1n) is 8.51. The van der Waals surface area contributed by atoms with Crippen LogP contribution in [0.1, 0.15) is 57.3 Å². The monoisotopic (exact) mass is 289 g/mol. The maximum Gasteiger partial charge on any atom is 0.139 e. The van der Waals surface area contributed by atoms with Gasteiger partial charge in [-0.05, 0) is 51.0 Å². The average Bonchev–Trinajstić information content (AvgIpc) is 3.01. The van der Waals surface area contributed by atoms with E-state index in [1.165, 1.54) is 25.7 Å². The quantitative estimate of drug-likeness (QED) is 0.875. The lowest BCUT2D eigenvalue weighted by atomic mass is 9.87. The number of hydrogen-bond donors (Lipinski definition) is 1. The third-order valence-corrected chi connectivity index (χ3v) is 5.04. The zero-order valence-corrected chi connectivity index (χ0v) is 13.3. The van der Waals surface area contributed by atoms with Crippen LogP contribution in [0, 0.1) is 5.92 Å². The summed E-state index contributed by atoms with van der Waals surface area (Å²) in [6.07, 6.45) is 7.23. The van der Waals surface area contributed by atoms with E-state index in [1.54, 1.807) is 0 Å². The van der Waals surface area contributed by atoms with Crippen molar-refractivity contribution in [2.45, 2.75) is 77.4 Å². The van der Waals surface area contributed by atoms with Crippen molar-refractivity contribution in [3.05, 3.63) is 17.5 Å². The van der Waals surface area contributed by atoms with Crippen LogP contribution in [0.2, 0.25) is 0 Å². The fourth-order valence-electron chi connectivity index (χ4n) is 4.04. The highest BCUT2D eigenvalue weighted by atomic mass is 16.1. The molecule has 2 bridgehead atoms. The fourth-order valence-corrected chi connectivity index (χ4v) is 4.04. The van der Waals surface area contributed by atoms with Crippen molar-refractivity contribution in [1.29, 1.82) is 0 Å². The molecule has 2 aliphatic heterocycles. The third-order valence-electron chi connectivity index (χ3n) is 5.04. The number of hydrogen-bond acceptors (Lipinski definition) is 3. The highest BCUT2D eigenvalue weighted by Gasteiger charge is 2.34. The lowest BCUT2D eigenvalue weighted by molar-refractivity contribution is -0.119. The van der Waals surface area contributed by atoms with Crippen LogP contribution in [-0.4, -0.2) is 27.6 Å². The summed E-state index contributed by atoms with van der Waals surface area (Å²) in [5, 5.41) is 8.18. The molecule has 0 aliphatic carbocycles. The fraction of sp³-hybridized carbons (Fsp3) is 0.765. The third kappa shape index (κ3) is 3.37. The Morgan fingerprint density at radius 1 is 1.33 bits per heavy atom. The van der Waals surface area contributed by atoms with Crippen LogP contribution >= 0.6 is 0 Å². The molecule has 2 saturated heterocycles. The van der Waals surface area contributed by atoms with E-state index in [0.29, 0.717) is 30.2 Å². The molecule has 2 aliphatic rings. The second-order valence-electron chi connectivity index (χ2n) is 6.69. The minimum atomic E-state index is 0.388. The van der Waals surface area contributed by atoms with Gasteiger partial charge in [-0.2, -0.15) is 5.10 Å². The van der Waals surface area contributed by atoms with E-state index in [2.05, 4.69) is 30.3 Å². The van der Waals surface area contributed by atoms with Gasteiger partial charge < -0.3 is 5.32 Å². The van der Waals surface area contributed by atoms with Gasteiger partial charge in [0.05, 0.1) is 5.69 Å². The van der Waals surface area contributed by atoms with Gasteiger partial charge in [-0.3, -0.25) is 9.48 Å². The van der Waals surface area contributed by atoms with Crippen molar-refractivity contribution >= 4 is 5.78 Å². The summed E-state index contributed by atoms with van der Waals surface area (Å²) in [5.74, 6) is 0.985. The first kappa shape index (κ1) is 14.8. The lowest BCUT2D eigenvalue weighted by Crippen LogP contribution is -2.38. The molecule has 21 heavy (non-hydrogen) atoms. The zero-order valence-electron chi connectivity index (χ0n) is 13.3. The summed E-state index contributed by atoms with van der Waals surface area (Å²) in [6, 6.07) is 3.46. The molecule has 2 atom stereocenters. The number of Topliss-reactive ketones (excluding diaryl/α,β-unsaturated/α-hetero) is 1. The first-order valence-corrected chi connectivity index (χ1v) is 8.51. The predicted molar refractivity (Wildman–Crippen MR) is 83.3 cm³/mol. The standard InChI is InChI=1S/C17H27N3O/c1-3-13-10-16(20(4-2)19-13)11-17(21)9-12-7-14-5-6-15(8-12)18-14/h10,12,14-15,18H,3-9,11H2,1-2H3. The van der Waals surface area contributed by atoms with E-state index in [-0.39, 0.29) is 0 Å². The number of nitrogens with zero attached hydrogens (tertiary/aromatic N) is 2. The van der Waals surface area contributed by atoms with E-state index in [0.717, 1.165) is 30.8 Å². The number of aromatic nitrogens is 2. The maximum atomic E-state index is 12.4. The topological polar surface area (TPSA) is 46.9 Å². The lowest BCUT2D eigenvalue weighted by Gasteiger charge is -2.28. The van der Waals surface area contributed by atoms with Crippen LogP contribution in [0.3, 0.4) is 0 Å². The van der Waals surface area contributed by atoms with Gasteiger partial charge in [0.1, 0.15) is 5.78 Å². The second-order valence-corrected chi connectivity index (χ2v) is 6.69. The first-order chi connectivity index (χ1) is 10.2. The Morgan fingerprint density at radius 2 is 2.05 bits per heavy atom. The molecule has 1 aromatic rings. The van der Waals surface area contributed by atoms with Gasteiger partial charge >= 0.3 is 0 Å². The van der Waals surface area contributed by atoms with Gasteiger partial charge in [-0.25, -0.2) is 0 Å². The number of rotatable bonds is 6. The Kier molecular flexibility index (Phi) is 4.43. The molecule has 0 amide bonds. The summed E-state index contributed by atoms with van der Waals surface area (Å²) in [4.78, 5) is 12.4. The number of fused-ring (bicyclic) bond motifs is 2. The Balaban J connectivity index is 1.57. The SMILES string of the molecule is CCc1cc(CC(=O)CC2CC3CCC(C2)N3)n(CC)n1. The average molecular weight is 289 g/mol. The number of aryl methyl sites for hydroxylation is 2. The molecular weight excluding hydrogens is 262 g/mol. The summed E-state index contributed by atoms with van der Waals surface area (Å²) >= 11 is 0. The van der Waals surface area contributed by atoms with Crippen LogP contribution < -0.4 is 5.32 Å². The van der Waals surface area contributed by atoms with Crippen molar-refractivity contribution in [2.24, 2.45) is 5.92 Å². The molecule has 0 spiro atoms. The highest BCUT2D eigenvalue weighted by molar-refractivity contribution is 5.80. The largest absolute Gasteiger partial charge is 0.311 e. The van der Waals surface area contributed by atoms with E-state index in [4.69, 9.17) is 0 Å². The number of piperidine rings is 1. The Hall–Kier alpha value is -1.16. The normalized spacial score (nSPS) is 28.0. The Morgan fingerprint density at radius 3 is 2.67 bits per heavy atom. The Labute approximate surface area is 127 Å². The van der Waals surface area contributed by atoms with Gasteiger partial charge in [0.25, 0.3) is 0 Å². The molecule has 1 N–H and O–H groups in total. The molecule has 0 radical (unpaired) electrons. The summed E-state index contributed by atoms with van der Waals surface area (Å²) in [6.45, 7) is 5.05. The minimum absolute atomic E-state index is 0.388. The molecule has 2 unspecified atom stereocenters. The van der Waals surface area contributed by atoms with Crippen LogP contribution in [-0.2, 0) is 24.2 Å². The number of carbonyl (C=O) groups excluding carboxylic acids is 1. The van der Waals surface area contributed by atoms with Crippen molar-refractivity contribution in [3.8, 4) is 0 Å². The molecule has 116 valence electrons. The summed E-state index contributed by atoms with van der Waals surface area (Å²) in [7, 11) is 0. The van der Waals surface area contributed by atoms with E-state index in [9.17, 15) is 4.79 Å². The van der Waals surface area contributed by atoms with Crippen LogP contribution in [0.4, 0.5) is 0 Å². The molecule has 2 fully saturated rings. The van der Waals surface area contributed by atoms with Crippen LogP contribution in [0.15, 0.2) is 6.07 Å². The Bertz CT molecular complexity index is 496. The smallest absolute Gasteiger partial charge is 0.139 e. The van der Waals surface area contributed by atoms with Crippen molar-refractivity contribution in [3.63, 3.8) is 0 Å². The summed E-state index contributed by atoms with van der Waals surface area (Å²) in [5.41, 5.74) is 2.19. The van der Waals surface area contributed by atoms with Crippen molar-refractivity contribution in [2.75, 3.05) is 0 Å². The number of carbonyl (C=O) groups is 1. The summed E-state index contributed by atoms with van der Waals surface area (Å²) < 4.78 is 1.99. The molecule has 3 rings (SSSR count). The zero-order chi connectivity index (χ0) is 14.8. The highest BCUT2D eigenvalue weighted by Crippen LogP contribution is 2.32.